The molecule has 0 aliphatic heterocycles. The molecule has 2 rings (SSSR count). The average Bonchev–Trinajstić information content (AvgIpc) is 2.65. The summed E-state index contributed by atoms with van der Waals surface area (Å²) >= 11 is 12.1. The zero-order valence-corrected chi connectivity index (χ0v) is 10.3. The minimum atomic E-state index is 0.499. The van der Waals surface area contributed by atoms with Gasteiger partial charge in [-0.25, -0.2) is 4.98 Å². The summed E-state index contributed by atoms with van der Waals surface area (Å²) in [5.74, 6) is 0.599. The summed E-state index contributed by atoms with van der Waals surface area (Å²) in [6, 6.07) is 3.52. The SMILES string of the molecule is CNc1nc(-c2ccnn2C)c(Cl)cc1Cl. The van der Waals surface area contributed by atoms with Gasteiger partial charge in [0.15, 0.2) is 0 Å². The molecular weight excluding hydrogens is 247 g/mol. The van der Waals surface area contributed by atoms with Crippen molar-refractivity contribution in [2.45, 2.75) is 0 Å². The molecule has 0 radical (unpaired) electrons. The predicted molar refractivity (Wildman–Crippen MR) is 66.0 cm³/mol. The zero-order chi connectivity index (χ0) is 11.7. The van der Waals surface area contributed by atoms with Gasteiger partial charge in [0.25, 0.3) is 0 Å². The van der Waals surface area contributed by atoms with Crippen LogP contribution in [0.5, 0.6) is 0 Å². The summed E-state index contributed by atoms with van der Waals surface area (Å²) < 4.78 is 1.71. The van der Waals surface area contributed by atoms with Crippen molar-refractivity contribution < 1.29 is 0 Å². The molecule has 0 saturated heterocycles. The molecule has 0 unspecified atom stereocenters. The van der Waals surface area contributed by atoms with Crippen LogP contribution >= 0.6 is 23.2 Å². The first kappa shape index (κ1) is 11.2. The third kappa shape index (κ3) is 1.86. The van der Waals surface area contributed by atoms with Gasteiger partial charge in [-0.15, -0.1) is 0 Å². The minimum absolute atomic E-state index is 0.499. The number of aromatic nitrogens is 3. The van der Waals surface area contributed by atoms with E-state index in [1.165, 1.54) is 0 Å². The van der Waals surface area contributed by atoms with Crippen LogP contribution in [-0.4, -0.2) is 21.8 Å². The van der Waals surface area contributed by atoms with Crippen LogP contribution in [0.25, 0.3) is 11.4 Å². The fraction of sp³-hybridized carbons (Fsp3) is 0.200. The lowest BCUT2D eigenvalue weighted by Crippen LogP contribution is -1.99. The van der Waals surface area contributed by atoms with Gasteiger partial charge in [-0.2, -0.15) is 5.10 Å². The number of anilines is 1. The second-order valence-electron chi connectivity index (χ2n) is 3.24. The van der Waals surface area contributed by atoms with Crippen LogP contribution in [0.4, 0.5) is 5.82 Å². The van der Waals surface area contributed by atoms with Crippen LogP contribution in [-0.2, 0) is 7.05 Å². The number of nitrogens with one attached hydrogen (secondary N) is 1. The Morgan fingerprint density at radius 2 is 2.06 bits per heavy atom. The highest BCUT2D eigenvalue weighted by atomic mass is 35.5. The number of aryl methyl sites for hydroxylation is 1. The van der Waals surface area contributed by atoms with E-state index in [0.29, 0.717) is 21.6 Å². The van der Waals surface area contributed by atoms with Gasteiger partial charge in [-0.05, 0) is 12.1 Å². The molecule has 0 saturated carbocycles. The fourth-order valence-corrected chi connectivity index (χ4v) is 1.98. The molecule has 4 nitrogen and oxygen atoms in total. The smallest absolute Gasteiger partial charge is 0.145 e. The number of rotatable bonds is 2. The summed E-state index contributed by atoms with van der Waals surface area (Å²) in [6.07, 6.45) is 1.70. The molecule has 84 valence electrons. The standard InChI is InChI=1S/C10H10Cl2N4/c1-13-10-7(12)5-6(11)9(15-10)8-3-4-14-16(8)2/h3-5H,1-2H3,(H,13,15). The van der Waals surface area contributed by atoms with Crippen LogP contribution in [0.2, 0.25) is 10.0 Å². The van der Waals surface area contributed by atoms with Crippen molar-refractivity contribution in [3.05, 3.63) is 28.4 Å². The first-order valence-corrected chi connectivity index (χ1v) is 5.41. The van der Waals surface area contributed by atoms with Gasteiger partial charge in [0.1, 0.15) is 11.5 Å². The normalized spacial score (nSPS) is 10.5. The molecule has 1 N–H and O–H groups in total. The van der Waals surface area contributed by atoms with Crippen LogP contribution in [0.15, 0.2) is 18.3 Å². The lowest BCUT2D eigenvalue weighted by Gasteiger charge is -2.08. The van der Waals surface area contributed by atoms with E-state index in [0.717, 1.165) is 5.69 Å². The third-order valence-corrected chi connectivity index (χ3v) is 2.81. The Labute approximate surface area is 103 Å². The highest BCUT2D eigenvalue weighted by molar-refractivity contribution is 6.37. The van der Waals surface area contributed by atoms with Crippen LogP contribution < -0.4 is 5.32 Å². The number of nitrogens with zero attached hydrogens (tertiary/aromatic N) is 3. The number of hydrogen-bond donors (Lipinski definition) is 1. The molecule has 0 aliphatic carbocycles. The Morgan fingerprint density at radius 3 is 2.62 bits per heavy atom. The van der Waals surface area contributed by atoms with Crippen LogP contribution in [0.1, 0.15) is 0 Å². The third-order valence-electron chi connectivity index (χ3n) is 2.23. The van der Waals surface area contributed by atoms with Gasteiger partial charge in [-0.3, -0.25) is 4.68 Å². The van der Waals surface area contributed by atoms with E-state index in [-0.39, 0.29) is 0 Å². The van der Waals surface area contributed by atoms with Crippen molar-refractivity contribution in [1.82, 2.24) is 14.8 Å². The lowest BCUT2D eigenvalue weighted by molar-refractivity contribution is 0.773. The summed E-state index contributed by atoms with van der Waals surface area (Å²) in [5.41, 5.74) is 1.51. The second-order valence-corrected chi connectivity index (χ2v) is 4.05. The van der Waals surface area contributed by atoms with Crippen LogP contribution in [0, 0.1) is 0 Å². The summed E-state index contributed by atoms with van der Waals surface area (Å²) in [7, 11) is 3.59. The molecule has 2 aromatic rings. The van der Waals surface area contributed by atoms with E-state index in [1.807, 2.05) is 13.1 Å². The summed E-state index contributed by atoms with van der Waals surface area (Å²) in [4.78, 5) is 4.36. The van der Waals surface area contributed by atoms with Gasteiger partial charge >= 0.3 is 0 Å². The van der Waals surface area contributed by atoms with E-state index < -0.39 is 0 Å². The highest BCUT2D eigenvalue weighted by Gasteiger charge is 2.12. The number of halogens is 2. The van der Waals surface area contributed by atoms with E-state index >= 15 is 0 Å². The Kier molecular flexibility index (Phi) is 3.03. The molecule has 0 amide bonds. The monoisotopic (exact) mass is 256 g/mol. The van der Waals surface area contributed by atoms with E-state index in [2.05, 4.69) is 15.4 Å². The molecule has 2 aromatic heterocycles. The molecule has 6 heteroatoms. The molecule has 16 heavy (non-hydrogen) atoms. The minimum Gasteiger partial charge on any atom is -0.372 e. The molecule has 0 aliphatic rings. The molecule has 0 aromatic carbocycles. The second kappa shape index (κ2) is 4.31. The van der Waals surface area contributed by atoms with Gasteiger partial charge < -0.3 is 5.32 Å². The van der Waals surface area contributed by atoms with Gasteiger partial charge in [0.05, 0.1) is 15.7 Å². The van der Waals surface area contributed by atoms with E-state index in [9.17, 15) is 0 Å². The number of hydrogen-bond acceptors (Lipinski definition) is 3. The van der Waals surface area contributed by atoms with Gasteiger partial charge in [-0.1, -0.05) is 23.2 Å². The summed E-state index contributed by atoms with van der Waals surface area (Å²) in [5, 5.41) is 8.00. The first-order chi connectivity index (χ1) is 7.63. The van der Waals surface area contributed by atoms with Crippen molar-refractivity contribution in [3.8, 4) is 11.4 Å². The zero-order valence-electron chi connectivity index (χ0n) is 8.83. The summed E-state index contributed by atoms with van der Waals surface area (Å²) in [6.45, 7) is 0. The lowest BCUT2D eigenvalue weighted by atomic mass is 10.2. The molecular formula is C10H10Cl2N4. The Bertz CT molecular complexity index is 522. The molecule has 0 bridgehead atoms. The molecule has 0 spiro atoms. The van der Waals surface area contributed by atoms with Gasteiger partial charge in [0, 0.05) is 20.3 Å². The average molecular weight is 257 g/mol. The Balaban J connectivity index is 2.61. The largest absolute Gasteiger partial charge is 0.372 e. The molecule has 0 fully saturated rings. The van der Waals surface area contributed by atoms with E-state index in [1.54, 1.807) is 24.0 Å². The maximum atomic E-state index is 6.11. The highest BCUT2D eigenvalue weighted by Crippen LogP contribution is 2.31. The van der Waals surface area contributed by atoms with Crippen molar-refractivity contribution >= 4 is 29.0 Å². The number of pyridine rings is 1. The topological polar surface area (TPSA) is 42.7 Å². The van der Waals surface area contributed by atoms with Crippen molar-refractivity contribution in [2.75, 3.05) is 12.4 Å². The quantitative estimate of drug-likeness (QED) is 0.899. The molecule has 0 atom stereocenters. The van der Waals surface area contributed by atoms with E-state index in [4.69, 9.17) is 23.2 Å². The predicted octanol–water partition coefficient (Wildman–Crippen LogP) is 2.83. The molecule has 2 heterocycles. The van der Waals surface area contributed by atoms with Crippen LogP contribution in [0.3, 0.4) is 0 Å². The Hall–Kier alpha value is -1.26. The maximum absolute atomic E-state index is 6.11. The van der Waals surface area contributed by atoms with Crippen molar-refractivity contribution in [3.63, 3.8) is 0 Å². The van der Waals surface area contributed by atoms with Crippen molar-refractivity contribution in [1.29, 1.82) is 0 Å². The fourth-order valence-electron chi connectivity index (χ4n) is 1.43. The van der Waals surface area contributed by atoms with Crippen molar-refractivity contribution in [2.24, 2.45) is 7.05 Å². The first-order valence-electron chi connectivity index (χ1n) is 4.65. The van der Waals surface area contributed by atoms with Gasteiger partial charge in [0.2, 0.25) is 0 Å². The maximum Gasteiger partial charge on any atom is 0.145 e. The Morgan fingerprint density at radius 1 is 1.31 bits per heavy atom.